The Labute approximate surface area is 108 Å². The van der Waals surface area contributed by atoms with Gasteiger partial charge in [-0.15, -0.1) is 0 Å². The summed E-state index contributed by atoms with van der Waals surface area (Å²) in [5, 5.41) is 7.80. The zero-order chi connectivity index (χ0) is 13.0. The quantitative estimate of drug-likeness (QED) is 0.838. The summed E-state index contributed by atoms with van der Waals surface area (Å²) >= 11 is 0. The van der Waals surface area contributed by atoms with Gasteiger partial charge in [0.15, 0.2) is 0 Å². The number of nitrogens with zero attached hydrogens (tertiary/aromatic N) is 4. The van der Waals surface area contributed by atoms with E-state index in [1.807, 2.05) is 24.3 Å². The lowest BCUT2D eigenvalue weighted by Gasteiger charge is -2.08. The summed E-state index contributed by atoms with van der Waals surface area (Å²) < 4.78 is 4.06. The minimum atomic E-state index is 0.845. The third-order valence-corrected chi connectivity index (χ3v) is 3.02. The van der Waals surface area contributed by atoms with Gasteiger partial charge < -0.3 is 9.88 Å². The van der Waals surface area contributed by atoms with E-state index in [9.17, 15) is 0 Å². The molecule has 0 fully saturated rings. The summed E-state index contributed by atoms with van der Waals surface area (Å²) in [6.45, 7) is 6.92. The molecule has 5 nitrogen and oxygen atoms in total. The van der Waals surface area contributed by atoms with Crippen molar-refractivity contribution in [2.24, 2.45) is 7.05 Å². The van der Waals surface area contributed by atoms with Gasteiger partial charge in [0.05, 0.1) is 24.3 Å². The van der Waals surface area contributed by atoms with Gasteiger partial charge in [0.25, 0.3) is 0 Å². The lowest BCUT2D eigenvalue weighted by Crippen LogP contribution is -2.15. The fourth-order valence-corrected chi connectivity index (χ4v) is 2.09. The van der Waals surface area contributed by atoms with E-state index in [4.69, 9.17) is 0 Å². The fourth-order valence-electron chi connectivity index (χ4n) is 2.09. The summed E-state index contributed by atoms with van der Waals surface area (Å²) in [5.41, 5.74) is 3.65. The van der Waals surface area contributed by atoms with Crippen LogP contribution in [0.4, 0.5) is 0 Å². The molecule has 0 bridgehead atoms. The van der Waals surface area contributed by atoms with Crippen molar-refractivity contribution >= 4 is 0 Å². The molecule has 18 heavy (non-hydrogen) atoms. The Hall–Kier alpha value is -1.62. The highest BCUT2D eigenvalue weighted by molar-refractivity contribution is 5.18. The number of hydrogen-bond donors (Lipinski definition) is 1. The molecule has 1 N–H and O–H groups in total. The molecule has 0 amide bonds. The molecule has 5 heteroatoms. The number of nitrogens with one attached hydrogen (secondary N) is 1. The van der Waals surface area contributed by atoms with Gasteiger partial charge >= 0.3 is 0 Å². The van der Waals surface area contributed by atoms with Gasteiger partial charge in [-0.25, -0.2) is 4.98 Å². The van der Waals surface area contributed by atoms with Crippen LogP contribution in [0, 0.1) is 0 Å². The number of hydrogen-bond acceptors (Lipinski definition) is 3. The topological polar surface area (TPSA) is 47.7 Å². The first-order valence-electron chi connectivity index (χ1n) is 6.45. The van der Waals surface area contributed by atoms with Crippen LogP contribution >= 0.6 is 0 Å². The van der Waals surface area contributed by atoms with Crippen molar-refractivity contribution in [3.05, 3.63) is 35.7 Å². The third kappa shape index (κ3) is 2.79. The molecule has 0 aliphatic rings. The molecule has 0 aliphatic heterocycles. The second-order valence-electron chi connectivity index (χ2n) is 4.42. The largest absolute Gasteiger partial charge is 0.329 e. The van der Waals surface area contributed by atoms with E-state index in [2.05, 4.69) is 40.0 Å². The van der Waals surface area contributed by atoms with E-state index in [1.165, 1.54) is 17.0 Å². The van der Waals surface area contributed by atoms with Gasteiger partial charge in [-0.3, -0.25) is 4.68 Å². The predicted octanol–water partition coefficient (Wildman–Crippen LogP) is 1.34. The van der Waals surface area contributed by atoms with Gasteiger partial charge in [0.2, 0.25) is 0 Å². The number of aryl methyl sites for hydroxylation is 2. The second-order valence-corrected chi connectivity index (χ2v) is 4.42. The molecule has 0 aliphatic carbocycles. The van der Waals surface area contributed by atoms with Crippen LogP contribution in [0.2, 0.25) is 0 Å². The van der Waals surface area contributed by atoms with E-state index in [1.54, 1.807) is 0 Å². The maximum Gasteiger partial charge on any atom is 0.0951 e. The number of imidazole rings is 1. The van der Waals surface area contributed by atoms with Gasteiger partial charge in [-0.1, -0.05) is 13.8 Å². The molecule has 98 valence electrons. The lowest BCUT2D eigenvalue weighted by molar-refractivity contribution is 0.655. The minimum absolute atomic E-state index is 0.845. The van der Waals surface area contributed by atoms with Crippen molar-refractivity contribution in [2.75, 3.05) is 6.54 Å². The summed E-state index contributed by atoms with van der Waals surface area (Å²) in [4.78, 5) is 4.23. The highest BCUT2D eigenvalue weighted by Gasteiger charge is 2.08. The van der Waals surface area contributed by atoms with Gasteiger partial charge in [0, 0.05) is 31.5 Å². The zero-order valence-electron chi connectivity index (χ0n) is 11.3. The first-order chi connectivity index (χ1) is 8.74. The molecule has 0 spiro atoms. The SMILES string of the molecule is CCNCc1cncn1Cc1cn(C)nc1CC. The molecular formula is C13H21N5. The Morgan fingerprint density at radius 3 is 2.89 bits per heavy atom. The standard InChI is InChI=1S/C13H21N5/c1-4-13-11(8-17(3)16-13)9-18-10-15-7-12(18)6-14-5-2/h7-8,10,14H,4-6,9H2,1-3H3. The molecule has 2 aromatic rings. The smallest absolute Gasteiger partial charge is 0.0951 e. The predicted molar refractivity (Wildman–Crippen MR) is 71.3 cm³/mol. The van der Waals surface area contributed by atoms with Crippen LogP contribution in [0.3, 0.4) is 0 Å². The monoisotopic (exact) mass is 247 g/mol. The van der Waals surface area contributed by atoms with E-state index in [-0.39, 0.29) is 0 Å². The van der Waals surface area contributed by atoms with Crippen LogP contribution < -0.4 is 5.32 Å². The maximum absolute atomic E-state index is 4.47. The molecular weight excluding hydrogens is 226 g/mol. The van der Waals surface area contributed by atoms with E-state index >= 15 is 0 Å². The highest BCUT2D eigenvalue weighted by atomic mass is 15.3. The van der Waals surface area contributed by atoms with E-state index in [0.29, 0.717) is 0 Å². The van der Waals surface area contributed by atoms with Crippen LogP contribution in [0.5, 0.6) is 0 Å². The number of aromatic nitrogens is 4. The number of rotatable bonds is 6. The second kappa shape index (κ2) is 5.82. The van der Waals surface area contributed by atoms with Crippen LogP contribution in [0.1, 0.15) is 30.8 Å². The Morgan fingerprint density at radius 2 is 2.17 bits per heavy atom. The van der Waals surface area contributed by atoms with Crippen molar-refractivity contribution in [1.29, 1.82) is 0 Å². The maximum atomic E-state index is 4.47. The lowest BCUT2D eigenvalue weighted by atomic mass is 10.2. The summed E-state index contributed by atoms with van der Waals surface area (Å²) in [6.07, 6.45) is 6.87. The molecule has 0 aromatic carbocycles. The van der Waals surface area contributed by atoms with Crippen LogP contribution in [-0.2, 0) is 26.6 Å². The summed E-state index contributed by atoms with van der Waals surface area (Å²) in [5.74, 6) is 0. The molecule has 0 saturated heterocycles. The molecule has 2 aromatic heterocycles. The molecule has 0 radical (unpaired) electrons. The normalized spacial score (nSPS) is 11.1. The van der Waals surface area contributed by atoms with Crippen molar-refractivity contribution < 1.29 is 0 Å². The van der Waals surface area contributed by atoms with Crippen molar-refractivity contribution in [2.45, 2.75) is 33.4 Å². The molecule has 2 heterocycles. The van der Waals surface area contributed by atoms with Gasteiger partial charge in [-0.05, 0) is 13.0 Å². The van der Waals surface area contributed by atoms with Crippen molar-refractivity contribution in [1.82, 2.24) is 24.6 Å². The molecule has 0 saturated carbocycles. The average Bonchev–Trinajstić information content (AvgIpc) is 2.94. The van der Waals surface area contributed by atoms with Crippen molar-refractivity contribution in [3.63, 3.8) is 0 Å². The van der Waals surface area contributed by atoms with Crippen LogP contribution in [0.15, 0.2) is 18.7 Å². The van der Waals surface area contributed by atoms with Crippen LogP contribution in [0.25, 0.3) is 0 Å². The molecule has 0 atom stereocenters. The first kappa shape index (κ1) is 12.8. The zero-order valence-corrected chi connectivity index (χ0v) is 11.3. The highest BCUT2D eigenvalue weighted by Crippen LogP contribution is 2.11. The summed E-state index contributed by atoms with van der Waals surface area (Å²) in [6, 6.07) is 0. The van der Waals surface area contributed by atoms with E-state index in [0.717, 1.165) is 26.1 Å². The van der Waals surface area contributed by atoms with E-state index < -0.39 is 0 Å². The molecule has 2 rings (SSSR count). The summed E-state index contributed by atoms with van der Waals surface area (Å²) in [7, 11) is 1.97. The Balaban J connectivity index is 2.15. The van der Waals surface area contributed by atoms with Crippen LogP contribution in [-0.4, -0.2) is 25.9 Å². The third-order valence-electron chi connectivity index (χ3n) is 3.02. The van der Waals surface area contributed by atoms with Crippen molar-refractivity contribution in [3.8, 4) is 0 Å². The average molecular weight is 247 g/mol. The van der Waals surface area contributed by atoms with Gasteiger partial charge in [0.1, 0.15) is 0 Å². The fraction of sp³-hybridized carbons (Fsp3) is 0.538. The minimum Gasteiger partial charge on any atom is -0.329 e. The first-order valence-corrected chi connectivity index (χ1v) is 6.45. The Kier molecular flexibility index (Phi) is 4.15. The van der Waals surface area contributed by atoms with Gasteiger partial charge in [-0.2, -0.15) is 5.10 Å². The Morgan fingerprint density at radius 1 is 1.33 bits per heavy atom. The molecule has 0 unspecified atom stereocenters. The Bertz CT molecular complexity index is 497.